The number of hydrogen-bond acceptors (Lipinski definition) is 3. The molecule has 106 valence electrons. The van der Waals surface area contributed by atoms with Crippen LogP contribution in [0.2, 0.25) is 0 Å². The van der Waals surface area contributed by atoms with Crippen LogP contribution in [0.4, 0.5) is 0 Å². The summed E-state index contributed by atoms with van der Waals surface area (Å²) in [4.78, 5) is 24.4. The van der Waals surface area contributed by atoms with E-state index >= 15 is 0 Å². The number of aliphatic carboxylic acids is 1. The van der Waals surface area contributed by atoms with Crippen LogP contribution in [0.25, 0.3) is 0 Å². The number of hydrogen-bond donors (Lipinski definition) is 1. The Kier molecular flexibility index (Phi) is 3.12. The molecule has 2 aliphatic rings. The van der Waals surface area contributed by atoms with Crippen LogP contribution in [-0.2, 0) is 16.0 Å². The molecule has 3 rings (SSSR count). The molecule has 2 atom stereocenters. The van der Waals surface area contributed by atoms with Crippen molar-refractivity contribution in [2.45, 2.75) is 38.3 Å². The lowest BCUT2D eigenvalue weighted by molar-refractivity contribution is -0.146. The maximum absolute atomic E-state index is 11.8. The Hall–Kier alpha value is -2.04. The third-order valence-electron chi connectivity index (χ3n) is 3.97. The second-order valence-corrected chi connectivity index (χ2v) is 5.49. The van der Waals surface area contributed by atoms with Crippen molar-refractivity contribution in [3.63, 3.8) is 0 Å². The molecule has 2 aliphatic heterocycles. The highest BCUT2D eigenvalue weighted by Crippen LogP contribution is 2.31. The minimum absolute atomic E-state index is 0.0897. The molecular weight excluding hydrogens is 258 g/mol. The summed E-state index contributed by atoms with van der Waals surface area (Å²) in [6.07, 6.45) is 1.30. The van der Waals surface area contributed by atoms with Gasteiger partial charge in [0, 0.05) is 12.8 Å². The summed E-state index contributed by atoms with van der Waals surface area (Å²) in [6, 6.07) is 5.31. The van der Waals surface area contributed by atoms with Gasteiger partial charge in [0.25, 0.3) is 0 Å². The third kappa shape index (κ3) is 2.24. The average Bonchev–Trinajstić information content (AvgIpc) is 2.93. The van der Waals surface area contributed by atoms with E-state index in [9.17, 15) is 9.59 Å². The topological polar surface area (TPSA) is 66.8 Å². The maximum atomic E-state index is 11.8. The highest BCUT2D eigenvalue weighted by Gasteiger charge is 2.38. The number of carbonyl (C=O) groups excluding carboxylic acids is 1. The van der Waals surface area contributed by atoms with Gasteiger partial charge in [-0.3, -0.25) is 4.79 Å². The van der Waals surface area contributed by atoms with Gasteiger partial charge in [0.15, 0.2) is 0 Å². The molecule has 0 saturated carbocycles. The van der Waals surface area contributed by atoms with Gasteiger partial charge >= 0.3 is 5.97 Å². The summed E-state index contributed by atoms with van der Waals surface area (Å²) < 4.78 is 5.81. The van der Waals surface area contributed by atoms with Crippen LogP contribution in [-0.4, -0.2) is 40.6 Å². The van der Waals surface area contributed by atoms with Gasteiger partial charge < -0.3 is 14.7 Å². The SMILES string of the molecule is Cc1ccc2c(c1)CC(CN1C(=O)CCC1C(=O)O)O2. The van der Waals surface area contributed by atoms with Crippen LogP contribution >= 0.6 is 0 Å². The van der Waals surface area contributed by atoms with Gasteiger partial charge in [-0.15, -0.1) is 0 Å². The Morgan fingerprint density at radius 2 is 2.30 bits per heavy atom. The van der Waals surface area contributed by atoms with Crippen LogP contribution in [0.15, 0.2) is 18.2 Å². The van der Waals surface area contributed by atoms with Crippen molar-refractivity contribution in [2.75, 3.05) is 6.54 Å². The van der Waals surface area contributed by atoms with Gasteiger partial charge in [-0.2, -0.15) is 0 Å². The van der Waals surface area contributed by atoms with Gasteiger partial charge in [0.2, 0.25) is 5.91 Å². The summed E-state index contributed by atoms with van der Waals surface area (Å²) in [5.74, 6) is -0.172. The first-order valence-corrected chi connectivity index (χ1v) is 6.83. The number of amides is 1. The molecule has 1 fully saturated rings. The molecule has 2 unspecified atom stereocenters. The number of rotatable bonds is 3. The molecule has 20 heavy (non-hydrogen) atoms. The van der Waals surface area contributed by atoms with Crippen LogP contribution in [0.3, 0.4) is 0 Å². The van der Waals surface area contributed by atoms with E-state index in [0.717, 1.165) is 17.7 Å². The van der Waals surface area contributed by atoms with Gasteiger partial charge in [-0.1, -0.05) is 17.7 Å². The number of aryl methyl sites for hydroxylation is 1. The standard InChI is InChI=1S/C15H17NO4/c1-9-2-4-13-10(6-9)7-11(20-13)8-16-12(15(18)19)3-5-14(16)17/h2,4,6,11-12H,3,5,7-8H2,1H3,(H,18,19). The van der Waals surface area contributed by atoms with E-state index in [1.807, 2.05) is 19.1 Å². The number of carboxylic acid groups (broad SMARTS) is 1. The second kappa shape index (κ2) is 4.81. The summed E-state index contributed by atoms with van der Waals surface area (Å²) in [5, 5.41) is 9.15. The van der Waals surface area contributed by atoms with Crippen molar-refractivity contribution >= 4 is 11.9 Å². The monoisotopic (exact) mass is 275 g/mol. The molecular formula is C15H17NO4. The van der Waals surface area contributed by atoms with E-state index in [0.29, 0.717) is 19.4 Å². The average molecular weight is 275 g/mol. The molecule has 1 aromatic carbocycles. The van der Waals surface area contributed by atoms with E-state index in [-0.39, 0.29) is 12.0 Å². The minimum Gasteiger partial charge on any atom is -0.488 e. The summed E-state index contributed by atoms with van der Waals surface area (Å²) in [7, 11) is 0. The third-order valence-corrected chi connectivity index (χ3v) is 3.97. The van der Waals surface area contributed by atoms with Crippen molar-refractivity contribution in [3.05, 3.63) is 29.3 Å². The summed E-state index contributed by atoms with van der Waals surface area (Å²) in [5.41, 5.74) is 2.31. The molecule has 1 amide bonds. The number of carbonyl (C=O) groups is 2. The van der Waals surface area contributed by atoms with Gasteiger partial charge in [-0.05, 0) is 25.0 Å². The highest BCUT2D eigenvalue weighted by molar-refractivity contribution is 5.87. The number of ether oxygens (including phenoxy) is 1. The Labute approximate surface area is 117 Å². The Morgan fingerprint density at radius 1 is 1.50 bits per heavy atom. The number of carboxylic acids is 1. The zero-order valence-corrected chi connectivity index (χ0v) is 11.3. The van der Waals surface area contributed by atoms with Crippen molar-refractivity contribution in [3.8, 4) is 5.75 Å². The molecule has 0 bridgehead atoms. The molecule has 0 spiro atoms. The number of fused-ring (bicyclic) bond motifs is 1. The predicted molar refractivity (Wildman–Crippen MR) is 71.7 cm³/mol. The van der Waals surface area contributed by atoms with E-state index in [1.165, 1.54) is 10.5 Å². The lowest BCUT2D eigenvalue weighted by atomic mass is 10.1. The lowest BCUT2D eigenvalue weighted by Crippen LogP contribution is -2.44. The fourth-order valence-electron chi connectivity index (χ4n) is 2.99. The molecule has 5 heteroatoms. The van der Waals surface area contributed by atoms with Crippen molar-refractivity contribution in [2.24, 2.45) is 0 Å². The lowest BCUT2D eigenvalue weighted by Gasteiger charge is -2.24. The van der Waals surface area contributed by atoms with Crippen LogP contribution < -0.4 is 4.74 Å². The van der Waals surface area contributed by atoms with Crippen molar-refractivity contribution < 1.29 is 19.4 Å². The molecule has 2 heterocycles. The van der Waals surface area contributed by atoms with E-state index in [1.54, 1.807) is 0 Å². The minimum atomic E-state index is -0.929. The fraction of sp³-hybridized carbons (Fsp3) is 0.467. The second-order valence-electron chi connectivity index (χ2n) is 5.49. The molecule has 0 radical (unpaired) electrons. The number of benzene rings is 1. The summed E-state index contributed by atoms with van der Waals surface area (Å²) >= 11 is 0. The molecule has 1 saturated heterocycles. The molecule has 0 aliphatic carbocycles. The van der Waals surface area contributed by atoms with Crippen molar-refractivity contribution in [1.82, 2.24) is 4.90 Å². The first kappa shape index (κ1) is 13.0. The van der Waals surface area contributed by atoms with Gasteiger partial charge in [-0.25, -0.2) is 4.79 Å². The molecule has 1 N–H and O–H groups in total. The normalized spacial score (nSPS) is 24.6. The molecule has 1 aromatic rings. The fourth-order valence-corrected chi connectivity index (χ4v) is 2.99. The van der Waals surface area contributed by atoms with E-state index in [4.69, 9.17) is 9.84 Å². The van der Waals surface area contributed by atoms with E-state index in [2.05, 4.69) is 6.07 Å². The van der Waals surface area contributed by atoms with Gasteiger partial charge in [0.05, 0.1) is 6.54 Å². The quantitative estimate of drug-likeness (QED) is 0.905. The first-order valence-electron chi connectivity index (χ1n) is 6.83. The zero-order valence-electron chi connectivity index (χ0n) is 11.3. The largest absolute Gasteiger partial charge is 0.488 e. The van der Waals surface area contributed by atoms with Crippen molar-refractivity contribution in [1.29, 1.82) is 0 Å². The predicted octanol–water partition coefficient (Wildman–Crippen LogP) is 1.37. The highest BCUT2D eigenvalue weighted by atomic mass is 16.5. The molecule has 0 aromatic heterocycles. The zero-order chi connectivity index (χ0) is 14.3. The summed E-state index contributed by atoms with van der Waals surface area (Å²) in [6.45, 7) is 2.38. The van der Waals surface area contributed by atoms with E-state index < -0.39 is 12.0 Å². The Bertz CT molecular complexity index is 569. The van der Waals surface area contributed by atoms with Crippen LogP contribution in [0, 0.1) is 6.92 Å². The number of likely N-dealkylation sites (tertiary alicyclic amines) is 1. The molecule has 5 nitrogen and oxygen atoms in total. The Balaban J connectivity index is 1.71. The van der Waals surface area contributed by atoms with Gasteiger partial charge in [0.1, 0.15) is 17.9 Å². The Morgan fingerprint density at radius 3 is 3.05 bits per heavy atom. The smallest absolute Gasteiger partial charge is 0.326 e. The van der Waals surface area contributed by atoms with Crippen LogP contribution in [0.5, 0.6) is 5.75 Å². The first-order chi connectivity index (χ1) is 9.54. The number of nitrogens with zero attached hydrogens (tertiary/aromatic N) is 1. The van der Waals surface area contributed by atoms with Crippen LogP contribution in [0.1, 0.15) is 24.0 Å². The maximum Gasteiger partial charge on any atom is 0.326 e.